The van der Waals surface area contributed by atoms with Gasteiger partial charge >= 0.3 is 0 Å². The Bertz CT molecular complexity index is 230. The topological polar surface area (TPSA) is 72.5 Å². The number of nitroso groups, excluding NO2 is 1. The highest BCUT2D eigenvalue weighted by Crippen LogP contribution is 2.05. The number of carbonyl (C=O) groups is 1. The fourth-order valence-corrected chi connectivity index (χ4v) is 0.679. The smallest absolute Gasteiger partial charge is 0.187 e. The van der Waals surface area contributed by atoms with Crippen molar-refractivity contribution in [3.63, 3.8) is 0 Å². The Kier molecular flexibility index (Phi) is 1.62. The summed E-state index contributed by atoms with van der Waals surface area (Å²) in [6.07, 6.45) is 4.03. The van der Waals surface area contributed by atoms with E-state index < -0.39 is 6.04 Å². The van der Waals surface area contributed by atoms with Gasteiger partial charge in [0.25, 0.3) is 0 Å². The zero-order valence-corrected chi connectivity index (χ0v) is 5.15. The van der Waals surface area contributed by atoms with E-state index in [1.165, 1.54) is 18.2 Å². The predicted octanol–water partition coefficient (Wildman–Crippen LogP) is 0.103. The molecule has 0 aromatic carbocycles. The Morgan fingerprint density at radius 3 is 2.70 bits per heavy atom. The minimum absolute atomic E-state index is 0.316. The molecule has 0 heterocycles. The molecule has 0 bridgehead atoms. The molecule has 0 aromatic heterocycles. The summed E-state index contributed by atoms with van der Waals surface area (Å²) in [7, 11) is 0. The standard InChI is InChI=1S/C6H6N2O2/c7-4-1-2-6(9)5(3-4)8-10/h1-3,5H,7H2. The Morgan fingerprint density at radius 1 is 1.50 bits per heavy atom. The van der Waals surface area contributed by atoms with Crippen LogP contribution in [0.4, 0.5) is 0 Å². The van der Waals surface area contributed by atoms with Gasteiger partial charge in [-0.3, -0.25) is 4.79 Å². The summed E-state index contributed by atoms with van der Waals surface area (Å²) in [5.41, 5.74) is 5.69. The molecule has 0 spiro atoms. The van der Waals surface area contributed by atoms with Crippen LogP contribution in [0.5, 0.6) is 0 Å². The molecule has 1 aliphatic rings. The van der Waals surface area contributed by atoms with Crippen LogP contribution >= 0.6 is 0 Å². The molecule has 0 fully saturated rings. The number of hydrogen-bond acceptors (Lipinski definition) is 4. The Hall–Kier alpha value is -1.45. The van der Waals surface area contributed by atoms with Gasteiger partial charge in [-0.25, -0.2) is 0 Å². The second-order valence-electron chi connectivity index (χ2n) is 1.95. The van der Waals surface area contributed by atoms with Crippen LogP contribution in [-0.2, 0) is 4.79 Å². The zero-order chi connectivity index (χ0) is 7.56. The van der Waals surface area contributed by atoms with Crippen molar-refractivity contribution in [3.8, 4) is 0 Å². The van der Waals surface area contributed by atoms with E-state index >= 15 is 0 Å². The predicted molar refractivity (Wildman–Crippen MR) is 36.0 cm³/mol. The van der Waals surface area contributed by atoms with E-state index in [1.807, 2.05) is 0 Å². The molecule has 0 amide bonds. The lowest BCUT2D eigenvalue weighted by molar-refractivity contribution is -0.114. The Balaban J connectivity index is 2.86. The maximum atomic E-state index is 10.7. The van der Waals surface area contributed by atoms with Crippen LogP contribution in [0, 0.1) is 4.91 Å². The highest BCUT2D eigenvalue weighted by molar-refractivity contribution is 5.97. The van der Waals surface area contributed by atoms with Gasteiger partial charge in [-0.1, -0.05) is 5.18 Å². The van der Waals surface area contributed by atoms with Crippen molar-refractivity contribution < 1.29 is 4.79 Å². The third-order valence-corrected chi connectivity index (χ3v) is 1.20. The summed E-state index contributed by atoms with van der Waals surface area (Å²) in [4.78, 5) is 20.6. The molecule has 0 radical (unpaired) electrons. The molecule has 1 atom stereocenters. The lowest BCUT2D eigenvalue weighted by atomic mass is 10.1. The second-order valence-corrected chi connectivity index (χ2v) is 1.95. The van der Waals surface area contributed by atoms with Gasteiger partial charge in [0.1, 0.15) is 0 Å². The molecule has 0 aromatic rings. The fraction of sp³-hybridized carbons (Fsp3) is 0.167. The van der Waals surface area contributed by atoms with E-state index in [0.717, 1.165) is 0 Å². The van der Waals surface area contributed by atoms with Crippen molar-refractivity contribution in [1.82, 2.24) is 0 Å². The van der Waals surface area contributed by atoms with Crippen molar-refractivity contribution >= 4 is 5.78 Å². The summed E-state index contributed by atoms with van der Waals surface area (Å²) in [5, 5.41) is 2.57. The first kappa shape index (κ1) is 6.67. The molecule has 1 unspecified atom stereocenters. The first-order chi connectivity index (χ1) is 4.74. The molecule has 52 valence electrons. The number of nitrogens with two attached hydrogens (primary N) is 1. The van der Waals surface area contributed by atoms with Gasteiger partial charge in [-0.05, 0) is 18.2 Å². The maximum absolute atomic E-state index is 10.7. The minimum Gasteiger partial charge on any atom is -0.399 e. The van der Waals surface area contributed by atoms with Crippen LogP contribution in [0.3, 0.4) is 0 Å². The molecule has 10 heavy (non-hydrogen) atoms. The quantitative estimate of drug-likeness (QED) is 0.522. The lowest BCUT2D eigenvalue weighted by Gasteiger charge is -2.04. The highest BCUT2D eigenvalue weighted by Gasteiger charge is 2.16. The molecule has 0 saturated carbocycles. The van der Waals surface area contributed by atoms with Crippen LogP contribution in [-0.4, -0.2) is 11.8 Å². The number of ketones is 1. The number of rotatable bonds is 1. The van der Waals surface area contributed by atoms with E-state index in [4.69, 9.17) is 5.73 Å². The third kappa shape index (κ3) is 1.10. The lowest BCUT2D eigenvalue weighted by Crippen LogP contribution is -2.18. The first-order valence-electron chi connectivity index (χ1n) is 2.75. The van der Waals surface area contributed by atoms with Crippen LogP contribution in [0.15, 0.2) is 29.1 Å². The molecule has 0 aliphatic heterocycles. The number of carbonyl (C=O) groups excluding carboxylic acids is 1. The largest absolute Gasteiger partial charge is 0.399 e. The summed E-state index contributed by atoms with van der Waals surface area (Å²) in [6.45, 7) is 0. The van der Waals surface area contributed by atoms with Gasteiger partial charge in [0.2, 0.25) is 0 Å². The van der Waals surface area contributed by atoms with Crippen molar-refractivity contribution in [2.24, 2.45) is 10.9 Å². The van der Waals surface area contributed by atoms with Crippen LogP contribution in [0.2, 0.25) is 0 Å². The van der Waals surface area contributed by atoms with Gasteiger partial charge in [0.05, 0.1) is 0 Å². The fourth-order valence-electron chi connectivity index (χ4n) is 0.679. The summed E-state index contributed by atoms with van der Waals surface area (Å²) in [5.74, 6) is -0.316. The SMILES string of the molecule is NC1=CC(N=O)C(=O)C=C1. The summed E-state index contributed by atoms with van der Waals surface area (Å²) < 4.78 is 0. The molecule has 1 rings (SSSR count). The molecular formula is C6H6N2O2. The highest BCUT2D eigenvalue weighted by atomic mass is 16.3. The van der Waals surface area contributed by atoms with Crippen molar-refractivity contribution in [3.05, 3.63) is 28.8 Å². The van der Waals surface area contributed by atoms with E-state index in [9.17, 15) is 9.70 Å². The zero-order valence-electron chi connectivity index (χ0n) is 5.15. The third-order valence-electron chi connectivity index (χ3n) is 1.20. The maximum Gasteiger partial charge on any atom is 0.187 e. The molecule has 2 N–H and O–H groups in total. The minimum atomic E-state index is -0.912. The first-order valence-corrected chi connectivity index (χ1v) is 2.75. The molecule has 4 heteroatoms. The van der Waals surface area contributed by atoms with Crippen LogP contribution < -0.4 is 5.73 Å². The number of nitrogens with zero attached hydrogens (tertiary/aromatic N) is 1. The summed E-state index contributed by atoms with van der Waals surface area (Å²) in [6, 6.07) is -0.912. The van der Waals surface area contributed by atoms with E-state index in [2.05, 4.69) is 5.18 Å². The molecule has 1 aliphatic carbocycles. The normalized spacial score (nSPS) is 24.2. The number of hydrogen-bond donors (Lipinski definition) is 1. The molecule has 0 saturated heterocycles. The number of allylic oxidation sites excluding steroid dienone is 1. The molecule has 4 nitrogen and oxygen atoms in total. The van der Waals surface area contributed by atoms with Gasteiger partial charge in [0, 0.05) is 5.70 Å². The van der Waals surface area contributed by atoms with Gasteiger partial charge in [-0.2, -0.15) is 0 Å². The van der Waals surface area contributed by atoms with Crippen molar-refractivity contribution in [2.75, 3.05) is 0 Å². The van der Waals surface area contributed by atoms with E-state index in [0.29, 0.717) is 5.70 Å². The van der Waals surface area contributed by atoms with Gasteiger partial charge < -0.3 is 5.73 Å². The average Bonchev–Trinajstić information content (AvgIpc) is 1.94. The average molecular weight is 138 g/mol. The van der Waals surface area contributed by atoms with Crippen LogP contribution in [0.25, 0.3) is 0 Å². The summed E-state index contributed by atoms with van der Waals surface area (Å²) >= 11 is 0. The van der Waals surface area contributed by atoms with E-state index in [1.54, 1.807) is 0 Å². The van der Waals surface area contributed by atoms with E-state index in [-0.39, 0.29) is 5.78 Å². The Labute approximate surface area is 57.4 Å². The van der Waals surface area contributed by atoms with Gasteiger partial charge in [-0.15, -0.1) is 4.91 Å². The molecular weight excluding hydrogens is 132 g/mol. The van der Waals surface area contributed by atoms with Gasteiger partial charge in [0.15, 0.2) is 11.8 Å². The second kappa shape index (κ2) is 2.43. The van der Waals surface area contributed by atoms with Crippen molar-refractivity contribution in [1.29, 1.82) is 0 Å². The van der Waals surface area contributed by atoms with Crippen molar-refractivity contribution in [2.45, 2.75) is 6.04 Å². The Morgan fingerprint density at radius 2 is 2.20 bits per heavy atom. The monoisotopic (exact) mass is 138 g/mol. The van der Waals surface area contributed by atoms with Crippen LogP contribution in [0.1, 0.15) is 0 Å².